The second-order valence-corrected chi connectivity index (χ2v) is 7.64. The maximum Gasteiger partial charge on any atom is 0.289 e. The monoisotopic (exact) mass is 347 g/mol. The first-order valence-corrected chi connectivity index (χ1v) is 8.76. The summed E-state index contributed by atoms with van der Waals surface area (Å²) < 4.78 is 26.8. The largest absolute Gasteiger partial charge is 0.319 e. The number of hydrogen-bond donors (Lipinski definition) is 1. The minimum Gasteiger partial charge on any atom is -0.319 e. The second-order valence-electron chi connectivity index (χ2n) is 5.30. The summed E-state index contributed by atoms with van der Waals surface area (Å²) in [7, 11) is -2.12. The van der Waals surface area contributed by atoms with E-state index in [0.29, 0.717) is 19.6 Å². The highest BCUT2D eigenvalue weighted by molar-refractivity contribution is 7.89. The van der Waals surface area contributed by atoms with Crippen molar-refractivity contribution in [1.82, 2.24) is 9.62 Å². The maximum atomic E-state index is 12.8. The molecule has 1 heterocycles. The Hall–Kier alpha value is -1.22. The van der Waals surface area contributed by atoms with Gasteiger partial charge in [-0.1, -0.05) is 11.6 Å². The number of rotatable bonds is 5. The van der Waals surface area contributed by atoms with Crippen LogP contribution in [-0.2, 0) is 10.0 Å². The van der Waals surface area contributed by atoms with Crippen molar-refractivity contribution in [2.45, 2.75) is 17.7 Å². The molecule has 7 nitrogen and oxygen atoms in total. The van der Waals surface area contributed by atoms with E-state index in [4.69, 9.17) is 11.6 Å². The zero-order chi connectivity index (χ0) is 16.3. The van der Waals surface area contributed by atoms with Gasteiger partial charge in [0.05, 0.1) is 4.92 Å². The molecule has 1 aromatic rings. The first kappa shape index (κ1) is 17.1. The molecule has 0 aliphatic carbocycles. The third-order valence-corrected chi connectivity index (χ3v) is 5.84. The molecule has 2 rings (SSSR count). The molecule has 122 valence electrons. The Bertz CT molecular complexity index is 663. The number of nitro groups is 1. The fraction of sp³-hybridized carbons (Fsp3) is 0.538. The average Bonchev–Trinajstić information content (AvgIpc) is 2.47. The van der Waals surface area contributed by atoms with E-state index in [0.717, 1.165) is 25.0 Å². The Balaban J connectivity index is 2.38. The molecular formula is C13H18ClN3O4S. The quantitative estimate of drug-likeness (QED) is 0.648. The molecule has 0 radical (unpaired) electrons. The van der Waals surface area contributed by atoms with Crippen molar-refractivity contribution in [1.29, 1.82) is 0 Å². The van der Waals surface area contributed by atoms with Crippen molar-refractivity contribution in [2.24, 2.45) is 5.92 Å². The third-order valence-electron chi connectivity index (χ3n) is 3.71. The van der Waals surface area contributed by atoms with E-state index in [1.54, 1.807) is 0 Å². The Kier molecular flexibility index (Phi) is 5.38. The van der Waals surface area contributed by atoms with Gasteiger partial charge in [-0.3, -0.25) is 10.1 Å². The van der Waals surface area contributed by atoms with Crippen LogP contribution >= 0.6 is 11.6 Å². The van der Waals surface area contributed by atoms with Gasteiger partial charge in [0.25, 0.3) is 5.69 Å². The molecule has 1 unspecified atom stereocenters. The molecule has 1 aliphatic rings. The van der Waals surface area contributed by atoms with Gasteiger partial charge in [0, 0.05) is 24.2 Å². The first-order valence-electron chi connectivity index (χ1n) is 6.95. The number of piperidine rings is 1. The topological polar surface area (TPSA) is 92.6 Å². The normalized spacial score (nSPS) is 20.0. The number of sulfonamides is 1. The summed E-state index contributed by atoms with van der Waals surface area (Å²) in [4.78, 5) is 10.1. The number of nitrogens with one attached hydrogen (secondary N) is 1. The van der Waals surface area contributed by atoms with E-state index in [9.17, 15) is 18.5 Å². The first-order chi connectivity index (χ1) is 10.4. The SMILES string of the molecule is CNCC1CCCN(S(=O)(=O)c2cc(Cl)ccc2[N+](=O)[O-])C1. The Labute approximate surface area is 134 Å². The lowest BCUT2D eigenvalue weighted by atomic mass is 10.00. The van der Waals surface area contributed by atoms with Gasteiger partial charge in [0.1, 0.15) is 0 Å². The van der Waals surface area contributed by atoms with Crippen LogP contribution in [0.2, 0.25) is 5.02 Å². The standard InChI is InChI=1S/C13H18ClN3O4S/c1-15-8-10-3-2-6-16(9-10)22(20,21)13-7-11(14)4-5-12(13)17(18)19/h4-5,7,10,15H,2-3,6,8-9H2,1H3. The molecule has 1 N–H and O–H groups in total. The Morgan fingerprint density at radius 1 is 1.50 bits per heavy atom. The molecule has 0 amide bonds. The van der Waals surface area contributed by atoms with Gasteiger partial charge in [-0.15, -0.1) is 0 Å². The van der Waals surface area contributed by atoms with Crippen LogP contribution in [0.1, 0.15) is 12.8 Å². The van der Waals surface area contributed by atoms with E-state index in [1.165, 1.54) is 10.4 Å². The minimum atomic E-state index is -3.93. The lowest BCUT2D eigenvalue weighted by Gasteiger charge is -2.31. The van der Waals surface area contributed by atoms with Crippen LogP contribution < -0.4 is 5.32 Å². The van der Waals surface area contributed by atoms with Crippen molar-refractivity contribution in [3.05, 3.63) is 33.3 Å². The number of halogens is 1. The van der Waals surface area contributed by atoms with Crippen molar-refractivity contribution in [3.8, 4) is 0 Å². The molecule has 9 heteroatoms. The van der Waals surface area contributed by atoms with Gasteiger partial charge in [-0.25, -0.2) is 8.42 Å². The zero-order valence-corrected chi connectivity index (χ0v) is 13.7. The molecule has 0 bridgehead atoms. The van der Waals surface area contributed by atoms with Crippen LogP contribution in [0.3, 0.4) is 0 Å². The van der Waals surface area contributed by atoms with Crippen LogP contribution in [0.5, 0.6) is 0 Å². The molecule has 1 aliphatic heterocycles. The summed E-state index contributed by atoms with van der Waals surface area (Å²) in [5.41, 5.74) is -0.444. The fourth-order valence-electron chi connectivity index (χ4n) is 2.68. The van der Waals surface area contributed by atoms with Gasteiger partial charge < -0.3 is 5.32 Å². The summed E-state index contributed by atoms with van der Waals surface area (Å²) in [6.45, 7) is 1.43. The average molecular weight is 348 g/mol. The molecular weight excluding hydrogens is 330 g/mol. The maximum absolute atomic E-state index is 12.8. The lowest BCUT2D eigenvalue weighted by Crippen LogP contribution is -2.42. The van der Waals surface area contributed by atoms with Crippen LogP contribution in [0.25, 0.3) is 0 Å². The van der Waals surface area contributed by atoms with E-state index in [1.807, 2.05) is 7.05 Å². The predicted molar refractivity (Wildman–Crippen MR) is 83.5 cm³/mol. The van der Waals surface area contributed by atoms with E-state index in [-0.39, 0.29) is 15.8 Å². The Morgan fingerprint density at radius 2 is 2.23 bits per heavy atom. The zero-order valence-electron chi connectivity index (χ0n) is 12.2. The highest BCUT2D eigenvalue weighted by Gasteiger charge is 2.34. The predicted octanol–water partition coefficient (Wildman–Crippen LogP) is 1.87. The molecule has 0 spiro atoms. The number of nitrogens with zero attached hydrogens (tertiary/aromatic N) is 2. The van der Waals surface area contributed by atoms with Crippen LogP contribution in [0.15, 0.2) is 23.1 Å². The molecule has 0 saturated carbocycles. The van der Waals surface area contributed by atoms with Crippen LogP contribution in [0.4, 0.5) is 5.69 Å². The third kappa shape index (κ3) is 3.57. The summed E-state index contributed by atoms with van der Waals surface area (Å²) in [6, 6.07) is 3.60. The van der Waals surface area contributed by atoms with Crippen molar-refractivity contribution >= 4 is 27.3 Å². The van der Waals surface area contributed by atoms with E-state index in [2.05, 4.69) is 5.32 Å². The summed E-state index contributed by atoms with van der Waals surface area (Å²) in [5.74, 6) is 0.201. The number of benzene rings is 1. The van der Waals surface area contributed by atoms with Gasteiger partial charge in [0.15, 0.2) is 4.90 Å². The van der Waals surface area contributed by atoms with Crippen LogP contribution in [0, 0.1) is 16.0 Å². The highest BCUT2D eigenvalue weighted by Crippen LogP contribution is 2.31. The van der Waals surface area contributed by atoms with Crippen molar-refractivity contribution in [3.63, 3.8) is 0 Å². The van der Waals surface area contributed by atoms with Gasteiger partial charge >= 0.3 is 0 Å². The molecule has 1 saturated heterocycles. The number of hydrogen-bond acceptors (Lipinski definition) is 5. The van der Waals surface area contributed by atoms with Gasteiger partial charge in [0.2, 0.25) is 10.0 Å². The summed E-state index contributed by atoms with van der Waals surface area (Å²) in [5, 5.41) is 14.3. The molecule has 1 fully saturated rings. The van der Waals surface area contributed by atoms with Gasteiger partial charge in [-0.2, -0.15) is 4.31 Å². The molecule has 0 aromatic heterocycles. The van der Waals surface area contributed by atoms with Crippen molar-refractivity contribution < 1.29 is 13.3 Å². The van der Waals surface area contributed by atoms with Crippen molar-refractivity contribution in [2.75, 3.05) is 26.7 Å². The molecule has 22 heavy (non-hydrogen) atoms. The molecule has 1 aromatic carbocycles. The summed E-state index contributed by atoms with van der Waals surface area (Å²) >= 11 is 5.83. The van der Waals surface area contributed by atoms with E-state index >= 15 is 0 Å². The Morgan fingerprint density at radius 3 is 2.86 bits per heavy atom. The molecule has 1 atom stereocenters. The van der Waals surface area contributed by atoms with Crippen LogP contribution in [-0.4, -0.2) is 44.3 Å². The highest BCUT2D eigenvalue weighted by atomic mass is 35.5. The summed E-state index contributed by atoms with van der Waals surface area (Å²) in [6.07, 6.45) is 1.67. The smallest absolute Gasteiger partial charge is 0.289 e. The van der Waals surface area contributed by atoms with E-state index < -0.39 is 20.6 Å². The lowest BCUT2D eigenvalue weighted by molar-refractivity contribution is -0.387. The minimum absolute atomic E-state index is 0.160. The van der Waals surface area contributed by atoms with Gasteiger partial charge in [-0.05, 0) is 44.5 Å². The number of nitro benzene ring substituents is 1. The second kappa shape index (κ2) is 6.91. The fourth-order valence-corrected chi connectivity index (χ4v) is 4.66.